The van der Waals surface area contributed by atoms with Crippen molar-refractivity contribution in [1.82, 2.24) is 20.0 Å². The van der Waals surface area contributed by atoms with Gasteiger partial charge in [0, 0.05) is 70.0 Å². The number of hydrogen-bond donors (Lipinski definition) is 1. The molecule has 0 unspecified atom stereocenters. The van der Waals surface area contributed by atoms with Crippen LogP contribution in [0.15, 0.2) is 18.2 Å². The van der Waals surface area contributed by atoms with Crippen molar-refractivity contribution in [3.8, 4) is 0 Å². The zero-order chi connectivity index (χ0) is 28.9. The van der Waals surface area contributed by atoms with Crippen molar-refractivity contribution in [1.29, 1.82) is 0 Å². The van der Waals surface area contributed by atoms with E-state index in [1.165, 1.54) is 0 Å². The van der Waals surface area contributed by atoms with Gasteiger partial charge in [0.2, 0.25) is 11.8 Å². The van der Waals surface area contributed by atoms with E-state index in [0.29, 0.717) is 29.9 Å². The number of piperidine rings is 3. The molecule has 0 bridgehead atoms. The summed E-state index contributed by atoms with van der Waals surface area (Å²) in [5, 5.41) is 2.37. The zero-order valence-electron chi connectivity index (χ0n) is 24.6. The number of rotatable bonds is 4. The Labute approximate surface area is 242 Å². The number of benzene rings is 1. The van der Waals surface area contributed by atoms with Gasteiger partial charge in [0.15, 0.2) is 0 Å². The van der Waals surface area contributed by atoms with E-state index in [1.54, 1.807) is 4.90 Å². The second-order valence-corrected chi connectivity index (χ2v) is 13.8. The van der Waals surface area contributed by atoms with Gasteiger partial charge in [-0.2, -0.15) is 0 Å². The first-order valence-electron chi connectivity index (χ1n) is 15.2. The minimum atomic E-state index is -0.579. The Morgan fingerprint density at radius 3 is 2.39 bits per heavy atom. The molecule has 5 aliphatic rings. The van der Waals surface area contributed by atoms with E-state index in [2.05, 4.69) is 21.2 Å². The summed E-state index contributed by atoms with van der Waals surface area (Å²) in [6, 6.07) is 5.47. The Morgan fingerprint density at radius 2 is 1.73 bits per heavy atom. The van der Waals surface area contributed by atoms with Crippen LogP contribution in [0.4, 0.5) is 10.5 Å². The fraction of sp³-hybridized carbons (Fsp3) is 0.677. The third-order valence-corrected chi connectivity index (χ3v) is 9.60. The van der Waals surface area contributed by atoms with Gasteiger partial charge in [-0.05, 0) is 88.0 Å². The predicted octanol–water partition coefficient (Wildman–Crippen LogP) is 3.00. The monoisotopic (exact) mass is 565 g/mol. The van der Waals surface area contributed by atoms with Crippen LogP contribution in [-0.2, 0) is 20.9 Å². The molecule has 5 heterocycles. The quantitative estimate of drug-likeness (QED) is 0.560. The lowest BCUT2D eigenvalue weighted by atomic mass is 9.71. The molecule has 4 saturated heterocycles. The topological polar surface area (TPSA) is 102 Å². The number of nitrogens with zero attached hydrogens (tertiary/aromatic N) is 4. The maximum absolute atomic E-state index is 13.0. The van der Waals surface area contributed by atoms with Crippen LogP contribution in [0.3, 0.4) is 0 Å². The second kappa shape index (κ2) is 10.6. The minimum Gasteiger partial charge on any atom is -0.444 e. The molecule has 4 fully saturated rings. The maximum Gasteiger partial charge on any atom is 0.410 e. The summed E-state index contributed by atoms with van der Waals surface area (Å²) in [6.07, 6.45) is 4.88. The first-order chi connectivity index (χ1) is 19.5. The second-order valence-electron chi connectivity index (χ2n) is 13.8. The molecule has 0 saturated carbocycles. The first kappa shape index (κ1) is 28.0. The largest absolute Gasteiger partial charge is 0.444 e. The SMILES string of the molecule is CC(C)(C)OC(=O)N1CCC2(CC1)CN(CC1CCN(c3ccc4c(c3)CN([C@H]3CCC(=O)NC3=O)C4=O)CC1)C2. The van der Waals surface area contributed by atoms with Crippen molar-refractivity contribution in [2.75, 3.05) is 50.7 Å². The van der Waals surface area contributed by atoms with E-state index in [0.717, 1.165) is 82.7 Å². The standard InChI is InChI=1S/C31H43N5O5/c1-30(2,3)41-29(40)35-14-10-31(11-15-35)19-33(20-31)17-21-8-12-34(13-9-21)23-4-5-24-22(16-23)18-36(28(24)39)25-6-7-26(37)32-27(25)38/h4-5,16,21,25H,6-15,17-20H2,1-3H3,(H,32,37,38)/t25-/m0/s1. The Balaban J connectivity index is 0.954. The molecule has 10 heteroatoms. The van der Waals surface area contributed by atoms with Crippen LogP contribution in [0.1, 0.15) is 75.2 Å². The molecule has 1 N–H and O–H groups in total. The third kappa shape index (κ3) is 5.80. The molecule has 222 valence electrons. The van der Waals surface area contributed by atoms with Crippen LogP contribution in [0.25, 0.3) is 0 Å². The summed E-state index contributed by atoms with van der Waals surface area (Å²) in [4.78, 5) is 57.8. The summed E-state index contributed by atoms with van der Waals surface area (Å²) in [7, 11) is 0. The number of imide groups is 1. The molecule has 0 aromatic heterocycles. The van der Waals surface area contributed by atoms with Crippen molar-refractivity contribution in [3.05, 3.63) is 29.3 Å². The maximum atomic E-state index is 13.0. The number of carbonyl (C=O) groups excluding carboxylic acids is 4. The fourth-order valence-corrected chi connectivity index (χ4v) is 7.33. The van der Waals surface area contributed by atoms with Gasteiger partial charge < -0.3 is 24.3 Å². The third-order valence-electron chi connectivity index (χ3n) is 9.60. The number of likely N-dealkylation sites (tertiary alicyclic amines) is 2. The van der Waals surface area contributed by atoms with Gasteiger partial charge in [0.1, 0.15) is 11.6 Å². The van der Waals surface area contributed by atoms with Crippen LogP contribution in [-0.4, -0.2) is 96.0 Å². The van der Waals surface area contributed by atoms with Gasteiger partial charge >= 0.3 is 6.09 Å². The van der Waals surface area contributed by atoms with Gasteiger partial charge in [-0.1, -0.05) is 0 Å². The number of amides is 4. The Morgan fingerprint density at radius 1 is 1.02 bits per heavy atom. The van der Waals surface area contributed by atoms with Crippen LogP contribution in [0.2, 0.25) is 0 Å². The van der Waals surface area contributed by atoms with E-state index < -0.39 is 11.6 Å². The highest BCUT2D eigenvalue weighted by molar-refractivity contribution is 6.05. The van der Waals surface area contributed by atoms with Crippen LogP contribution < -0.4 is 10.2 Å². The molecule has 0 radical (unpaired) electrons. The summed E-state index contributed by atoms with van der Waals surface area (Å²) in [6.45, 7) is 13.2. The van der Waals surface area contributed by atoms with Crippen LogP contribution >= 0.6 is 0 Å². The molecule has 4 amide bonds. The number of fused-ring (bicyclic) bond motifs is 1. The van der Waals surface area contributed by atoms with E-state index in [-0.39, 0.29) is 30.2 Å². The molecular formula is C31H43N5O5. The van der Waals surface area contributed by atoms with E-state index in [1.807, 2.05) is 37.8 Å². The average molecular weight is 566 g/mol. The summed E-state index contributed by atoms with van der Waals surface area (Å²) in [5.74, 6) is -0.0773. The summed E-state index contributed by atoms with van der Waals surface area (Å²) in [5.41, 5.74) is 2.68. The van der Waals surface area contributed by atoms with Crippen molar-refractivity contribution < 1.29 is 23.9 Å². The molecule has 1 aromatic rings. The zero-order valence-corrected chi connectivity index (χ0v) is 24.6. The van der Waals surface area contributed by atoms with Crippen molar-refractivity contribution in [2.24, 2.45) is 11.3 Å². The lowest BCUT2D eigenvalue weighted by molar-refractivity contribution is -0.136. The highest BCUT2D eigenvalue weighted by Gasteiger charge is 2.46. The molecule has 41 heavy (non-hydrogen) atoms. The molecule has 1 aromatic carbocycles. The van der Waals surface area contributed by atoms with Crippen molar-refractivity contribution in [2.45, 2.75) is 77.5 Å². The normalized spacial score (nSPS) is 25.3. The van der Waals surface area contributed by atoms with Crippen molar-refractivity contribution >= 4 is 29.5 Å². The number of anilines is 1. The summed E-state index contributed by atoms with van der Waals surface area (Å²) >= 11 is 0. The van der Waals surface area contributed by atoms with E-state index in [4.69, 9.17) is 4.74 Å². The average Bonchev–Trinajstić information content (AvgIpc) is 3.23. The van der Waals surface area contributed by atoms with E-state index >= 15 is 0 Å². The van der Waals surface area contributed by atoms with Crippen LogP contribution in [0.5, 0.6) is 0 Å². The first-order valence-corrected chi connectivity index (χ1v) is 15.2. The number of nitrogens with one attached hydrogen (secondary N) is 1. The van der Waals surface area contributed by atoms with Gasteiger partial charge in [0.25, 0.3) is 5.91 Å². The van der Waals surface area contributed by atoms with Gasteiger partial charge in [-0.15, -0.1) is 0 Å². The van der Waals surface area contributed by atoms with Gasteiger partial charge in [0.05, 0.1) is 0 Å². The number of hydrogen-bond acceptors (Lipinski definition) is 7. The lowest BCUT2D eigenvalue weighted by Crippen LogP contribution is -2.61. The fourth-order valence-electron chi connectivity index (χ4n) is 7.33. The molecule has 1 spiro atoms. The van der Waals surface area contributed by atoms with E-state index in [9.17, 15) is 19.2 Å². The predicted molar refractivity (Wildman–Crippen MR) is 153 cm³/mol. The smallest absolute Gasteiger partial charge is 0.410 e. The molecular weight excluding hydrogens is 522 g/mol. The summed E-state index contributed by atoms with van der Waals surface area (Å²) < 4.78 is 5.55. The Hall–Kier alpha value is -3.14. The van der Waals surface area contributed by atoms with Gasteiger partial charge in [-0.25, -0.2) is 4.79 Å². The molecule has 5 aliphatic heterocycles. The highest BCUT2D eigenvalue weighted by Crippen LogP contribution is 2.41. The number of carbonyl (C=O) groups is 4. The lowest BCUT2D eigenvalue weighted by Gasteiger charge is -2.55. The van der Waals surface area contributed by atoms with Gasteiger partial charge in [-0.3, -0.25) is 19.7 Å². The highest BCUT2D eigenvalue weighted by atomic mass is 16.6. The molecule has 6 rings (SSSR count). The van der Waals surface area contributed by atoms with Crippen molar-refractivity contribution in [3.63, 3.8) is 0 Å². The van der Waals surface area contributed by atoms with Crippen LogP contribution in [0, 0.1) is 11.3 Å². The molecule has 0 aliphatic carbocycles. The number of ether oxygens (including phenoxy) is 1. The molecule has 1 atom stereocenters. The molecule has 10 nitrogen and oxygen atoms in total. The Kier molecular flexibility index (Phi) is 7.24. The Bertz CT molecular complexity index is 1220. The minimum absolute atomic E-state index is 0.123.